The van der Waals surface area contributed by atoms with Gasteiger partial charge in [-0.1, -0.05) is 6.07 Å². The second-order valence-corrected chi connectivity index (χ2v) is 8.80. The zero-order valence-corrected chi connectivity index (χ0v) is 15.4. The Kier molecular flexibility index (Phi) is 3.83. The molecular weight excluding hydrogens is 344 g/mol. The molecule has 3 nitrogen and oxygen atoms in total. The van der Waals surface area contributed by atoms with E-state index in [9.17, 15) is 4.79 Å². The highest BCUT2D eigenvalue weighted by molar-refractivity contribution is 7.13. The molecule has 0 aliphatic carbocycles. The predicted molar refractivity (Wildman–Crippen MR) is 96.8 cm³/mol. The molecule has 0 unspecified atom stereocenters. The third-order valence-corrected chi connectivity index (χ3v) is 7.12. The third kappa shape index (κ3) is 2.55. The first-order chi connectivity index (χ1) is 11.1. The molecule has 1 aliphatic heterocycles. The molecule has 1 aliphatic rings. The molecule has 3 aromatic rings. The lowest BCUT2D eigenvalue weighted by Gasteiger charge is -2.35. The van der Waals surface area contributed by atoms with E-state index < -0.39 is 0 Å². The highest BCUT2D eigenvalue weighted by Gasteiger charge is 2.35. The minimum Gasteiger partial charge on any atom is -0.326 e. The maximum atomic E-state index is 13.2. The summed E-state index contributed by atoms with van der Waals surface area (Å²) < 4.78 is 0. The van der Waals surface area contributed by atoms with Crippen LogP contribution in [0.2, 0.25) is 0 Å². The Morgan fingerprint density at radius 1 is 1.26 bits per heavy atom. The monoisotopic (exact) mass is 360 g/mol. The Balaban J connectivity index is 1.78. The molecule has 0 saturated heterocycles. The Hall–Kier alpha value is -1.50. The van der Waals surface area contributed by atoms with Gasteiger partial charge in [0.05, 0.1) is 16.7 Å². The standard InChI is InChI=1S/C17H16N2OS3/c1-10-16(23-11(2)18-10)17(20)19-7-5-13-12(6-9-22-13)15(19)14-4-3-8-21-14/h3-4,6,8-9,15H,5,7H2,1-2H3/t15-/m0/s1. The predicted octanol–water partition coefficient (Wildman–Crippen LogP) is 4.67. The fourth-order valence-corrected chi connectivity index (χ4v) is 5.78. The Morgan fingerprint density at radius 3 is 2.83 bits per heavy atom. The third-order valence-electron chi connectivity index (χ3n) is 4.14. The topological polar surface area (TPSA) is 33.2 Å². The van der Waals surface area contributed by atoms with Crippen LogP contribution in [0, 0.1) is 13.8 Å². The average molecular weight is 361 g/mol. The van der Waals surface area contributed by atoms with Crippen LogP contribution in [-0.4, -0.2) is 22.3 Å². The van der Waals surface area contributed by atoms with Gasteiger partial charge in [0.15, 0.2) is 0 Å². The number of thiazole rings is 1. The van der Waals surface area contributed by atoms with E-state index in [1.807, 2.05) is 18.7 Å². The number of thiophene rings is 2. The zero-order valence-electron chi connectivity index (χ0n) is 12.9. The van der Waals surface area contributed by atoms with Crippen LogP contribution in [0.4, 0.5) is 0 Å². The van der Waals surface area contributed by atoms with Crippen molar-refractivity contribution in [2.75, 3.05) is 6.54 Å². The lowest BCUT2D eigenvalue weighted by molar-refractivity contribution is 0.0703. The minimum absolute atomic E-state index is 0.0410. The van der Waals surface area contributed by atoms with Gasteiger partial charge in [0.1, 0.15) is 4.88 Å². The van der Waals surface area contributed by atoms with E-state index in [1.54, 1.807) is 22.7 Å². The molecule has 0 aromatic carbocycles. The smallest absolute Gasteiger partial charge is 0.266 e. The molecule has 0 N–H and O–H groups in total. The van der Waals surface area contributed by atoms with Crippen molar-refractivity contribution in [3.63, 3.8) is 0 Å². The van der Waals surface area contributed by atoms with Gasteiger partial charge in [-0.25, -0.2) is 4.98 Å². The lowest BCUT2D eigenvalue weighted by Crippen LogP contribution is -2.39. The van der Waals surface area contributed by atoms with Crippen molar-refractivity contribution in [1.82, 2.24) is 9.88 Å². The number of amides is 1. The number of hydrogen-bond donors (Lipinski definition) is 0. The van der Waals surface area contributed by atoms with E-state index in [4.69, 9.17) is 0 Å². The number of fused-ring (bicyclic) bond motifs is 1. The number of carbonyl (C=O) groups is 1. The molecule has 4 rings (SSSR count). The molecule has 0 fully saturated rings. The summed E-state index contributed by atoms with van der Waals surface area (Å²) in [5, 5.41) is 5.17. The minimum atomic E-state index is 0.0410. The molecule has 4 heterocycles. The summed E-state index contributed by atoms with van der Waals surface area (Å²) in [6.45, 7) is 4.65. The van der Waals surface area contributed by atoms with Crippen LogP contribution in [0.5, 0.6) is 0 Å². The zero-order chi connectivity index (χ0) is 16.0. The first-order valence-electron chi connectivity index (χ1n) is 7.50. The molecule has 6 heteroatoms. The Morgan fingerprint density at radius 2 is 2.13 bits per heavy atom. The summed E-state index contributed by atoms with van der Waals surface area (Å²) in [5.74, 6) is 0.114. The molecule has 3 aromatic heterocycles. The highest BCUT2D eigenvalue weighted by atomic mass is 32.1. The molecule has 1 amide bonds. The number of nitrogens with zero attached hydrogens (tertiary/aromatic N) is 2. The normalized spacial score (nSPS) is 17.3. The summed E-state index contributed by atoms with van der Waals surface area (Å²) in [6, 6.07) is 6.41. The number of aryl methyl sites for hydroxylation is 2. The van der Waals surface area contributed by atoms with Gasteiger partial charge in [0.2, 0.25) is 0 Å². The van der Waals surface area contributed by atoms with Gasteiger partial charge in [-0.2, -0.15) is 0 Å². The second-order valence-electron chi connectivity index (χ2n) is 5.61. The van der Waals surface area contributed by atoms with Crippen LogP contribution >= 0.6 is 34.0 Å². The van der Waals surface area contributed by atoms with Gasteiger partial charge < -0.3 is 4.90 Å². The van der Waals surface area contributed by atoms with E-state index in [-0.39, 0.29) is 11.9 Å². The van der Waals surface area contributed by atoms with Crippen molar-refractivity contribution in [3.05, 3.63) is 59.9 Å². The molecule has 23 heavy (non-hydrogen) atoms. The van der Waals surface area contributed by atoms with Crippen LogP contribution in [0.15, 0.2) is 29.0 Å². The number of rotatable bonds is 2. The quantitative estimate of drug-likeness (QED) is 0.665. The van der Waals surface area contributed by atoms with E-state index >= 15 is 0 Å². The van der Waals surface area contributed by atoms with Gasteiger partial charge in [-0.05, 0) is 48.7 Å². The maximum Gasteiger partial charge on any atom is 0.266 e. The number of hydrogen-bond acceptors (Lipinski definition) is 5. The summed E-state index contributed by atoms with van der Waals surface area (Å²) in [6.07, 6.45) is 0.942. The fraction of sp³-hybridized carbons (Fsp3) is 0.294. The number of carbonyl (C=O) groups excluding carboxylic acids is 1. The first kappa shape index (κ1) is 15.1. The Labute approximate surface area is 147 Å². The van der Waals surface area contributed by atoms with E-state index in [0.29, 0.717) is 0 Å². The van der Waals surface area contributed by atoms with Gasteiger partial charge in [0, 0.05) is 16.3 Å². The SMILES string of the molecule is Cc1nc(C)c(C(=O)N2CCc3sccc3[C@H]2c2cccs2)s1. The molecular formula is C17H16N2OS3. The molecule has 118 valence electrons. The van der Waals surface area contributed by atoms with Crippen LogP contribution in [0.25, 0.3) is 0 Å². The van der Waals surface area contributed by atoms with E-state index in [0.717, 1.165) is 28.5 Å². The molecule has 0 spiro atoms. The number of aromatic nitrogens is 1. The average Bonchev–Trinajstić information content (AvgIpc) is 3.25. The summed E-state index contributed by atoms with van der Waals surface area (Å²) in [5.41, 5.74) is 2.13. The van der Waals surface area contributed by atoms with Crippen molar-refractivity contribution in [2.45, 2.75) is 26.3 Å². The maximum absolute atomic E-state index is 13.2. The van der Waals surface area contributed by atoms with Gasteiger partial charge in [-0.3, -0.25) is 4.79 Å². The molecule has 0 saturated carbocycles. The Bertz CT molecular complexity index is 847. The summed E-state index contributed by atoms with van der Waals surface area (Å²) in [4.78, 5) is 23.0. The van der Waals surface area contributed by atoms with Crippen molar-refractivity contribution in [3.8, 4) is 0 Å². The largest absolute Gasteiger partial charge is 0.326 e. The first-order valence-corrected chi connectivity index (χ1v) is 10.1. The van der Waals surface area contributed by atoms with Gasteiger partial charge in [0.25, 0.3) is 5.91 Å². The van der Waals surface area contributed by atoms with Crippen molar-refractivity contribution in [2.24, 2.45) is 0 Å². The van der Waals surface area contributed by atoms with Crippen LogP contribution in [-0.2, 0) is 6.42 Å². The van der Waals surface area contributed by atoms with Gasteiger partial charge >= 0.3 is 0 Å². The summed E-state index contributed by atoms with van der Waals surface area (Å²) in [7, 11) is 0. The van der Waals surface area contributed by atoms with Crippen LogP contribution in [0.1, 0.15) is 41.7 Å². The van der Waals surface area contributed by atoms with E-state index in [1.165, 1.54) is 26.7 Å². The molecule has 1 atom stereocenters. The van der Waals surface area contributed by atoms with Crippen LogP contribution < -0.4 is 0 Å². The molecule has 0 bridgehead atoms. The van der Waals surface area contributed by atoms with Crippen LogP contribution in [0.3, 0.4) is 0 Å². The fourth-order valence-electron chi connectivity index (χ4n) is 3.15. The lowest BCUT2D eigenvalue weighted by atomic mass is 9.98. The molecule has 0 radical (unpaired) electrons. The summed E-state index contributed by atoms with van der Waals surface area (Å²) >= 11 is 5.02. The van der Waals surface area contributed by atoms with E-state index in [2.05, 4.69) is 33.9 Å². The van der Waals surface area contributed by atoms with Crippen molar-refractivity contribution < 1.29 is 4.79 Å². The van der Waals surface area contributed by atoms with Crippen molar-refractivity contribution in [1.29, 1.82) is 0 Å². The second kappa shape index (κ2) is 5.85. The van der Waals surface area contributed by atoms with Gasteiger partial charge in [-0.15, -0.1) is 34.0 Å². The van der Waals surface area contributed by atoms with Crippen molar-refractivity contribution >= 4 is 39.9 Å². The highest BCUT2D eigenvalue weighted by Crippen LogP contribution is 2.40.